The lowest BCUT2D eigenvalue weighted by Crippen LogP contribution is -2.02. The number of Topliss-reactive ketones (excluding diaryl/α,β-unsaturated/α-hetero) is 1. The molecule has 124 valence electrons. The van der Waals surface area contributed by atoms with Crippen molar-refractivity contribution in [2.45, 2.75) is 26.7 Å². The quantitative estimate of drug-likeness (QED) is 0.330. The van der Waals surface area contributed by atoms with Crippen LogP contribution < -0.4 is 0 Å². The van der Waals surface area contributed by atoms with Gasteiger partial charge in [0.25, 0.3) is 0 Å². The van der Waals surface area contributed by atoms with E-state index in [1.165, 1.54) is 6.07 Å². The Labute approximate surface area is 138 Å². The second-order valence-electron chi connectivity index (χ2n) is 5.89. The molecule has 0 saturated carbocycles. The number of hydrogen-bond donors (Lipinski definition) is 4. The van der Waals surface area contributed by atoms with E-state index in [4.69, 9.17) is 0 Å². The minimum Gasteiger partial charge on any atom is -0.507 e. The first-order valence-electron chi connectivity index (χ1n) is 7.73. The number of rotatable bonds is 3. The SMILES string of the molecule is CCCC(=O)c1cc2c(c(O)c1C)c(O)c(O)c1c(O)cccc12. The summed E-state index contributed by atoms with van der Waals surface area (Å²) < 4.78 is 0. The van der Waals surface area contributed by atoms with Crippen molar-refractivity contribution in [3.05, 3.63) is 35.4 Å². The van der Waals surface area contributed by atoms with Crippen molar-refractivity contribution in [1.82, 2.24) is 0 Å². The van der Waals surface area contributed by atoms with E-state index in [1.807, 2.05) is 6.92 Å². The molecule has 0 bridgehead atoms. The number of aromatic hydroxyl groups is 4. The number of fused-ring (bicyclic) bond motifs is 3. The molecule has 0 fully saturated rings. The smallest absolute Gasteiger partial charge is 0.170 e. The Hall–Kier alpha value is -2.95. The first kappa shape index (κ1) is 15.9. The molecule has 0 aliphatic rings. The van der Waals surface area contributed by atoms with Crippen LogP contribution in [-0.4, -0.2) is 26.2 Å². The van der Waals surface area contributed by atoms with Gasteiger partial charge in [0.1, 0.15) is 11.5 Å². The molecule has 0 spiro atoms. The van der Waals surface area contributed by atoms with E-state index in [1.54, 1.807) is 25.1 Å². The van der Waals surface area contributed by atoms with Crippen LogP contribution in [-0.2, 0) is 0 Å². The maximum Gasteiger partial charge on any atom is 0.170 e. The van der Waals surface area contributed by atoms with Crippen molar-refractivity contribution in [1.29, 1.82) is 0 Å². The summed E-state index contributed by atoms with van der Waals surface area (Å²) in [6.07, 6.45) is 1.03. The molecule has 0 aliphatic carbocycles. The Kier molecular flexibility index (Phi) is 3.72. The van der Waals surface area contributed by atoms with Crippen LogP contribution in [0.15, 0.2) is 24.3 Å². The molecular weight excluding hydrogens is 308 g/mol. The minimum atomic E-state index is -0.519. The zero-order valence-electron chi connectivity index (χ0n) is 13.4. The lowest BCUT2D eigenvalue weighted by molar-refractivity contribution is 0.0981. The molecule has 3 aromatic carbocycles. The number of phenolic OH excluding ortho intramolecular Hbond substituents is 4. The van der Waals surface area contributed by atoms with Crippen LogP contribution in [0.5, 0.6) is 23.0 Å². The number of ketones is 1. The summed E-state index contributed by atoms with van der Waals surface area (Å²) in [7, 11) is 0. The Morgan fingerprint density at radius 1 is 0.958 bits per heavy atom. The fourth-order valence-electron chi connectivity index (χ4n) is 3.12. The maximum atomic E-state index is 12.3. The Bertz CT molecular complexity index is 989. The van der Waals surface area contributed by atoms with Crippen molar-refractivity contribution >= 4 is 27.3 Å². The monoisotopic (exact) mass is 326 g/mol. The van der Waals surface area contributed by atoms with Gasteiger partial charge in [-0.1, -0.05) is 19.1 Å². The molecule has 5 heteroatoms. The van der Waals surface area contributed by atoms with Crippen LogP contribution in [0.4, 0.5) is 0 Å². The molecule has 0 atom stereocenters. The summed E-state index contributed by atoms with van der Waals surface area (Å²) in [5, 5.41) is 42.1. The highest BCUT2D eigenvalue weighted by Crippen LogP contribution is 2.49. The molecule has 0 radical (unpaired) electrons. The fourth-order valence-corrected chi connectivity index (χ4v) is 3.12. The average molecular weight is 326 g/mol. The van der Waals surface area contributed by atoms with Gasteiger partial charge in [-0.15, -0.1) is 0 Å². The molecule has 3 aromatic rings. The van der Waals surface area contributed by atoms with Crippen LogP contribution in [0.1, 0.15) is 35.7 Å². The number of phenols is 4. The van der Waals surface area contributed by atoms with Crippen LogP contribution in [0, 0.1) is 6.92 Å². The van der Waals surface area contributed by atoms with Gasteiger partial charge in [0.05, 0.1) is 10.8 Å². The summed E-state index contributed by atoms with van der Waals surface area (Å²) in [5.74, 6) is -1.56. The first-order chi connectivity index (χ1) is 11.4. The highest BCUT2D eigenvalue weighted by atomic mass is 16.3. The van der Waals surface area contributed by atoms with Crippen LogP contribution in [0.3, 0.4) is 0 Å². The van der Waals surface area contributed by atoms with Gasteiger partial charge in [-0.2, -0.15) is 0 Å². The molecular formula is C19H18O5. The summed E-state index contributed by atoms with van der Waals surface area (Å²) in [6, 6.07) is 6.24. The second-order valence-corrected chi connectivity index (χ2v) is 5.89. The largest absolute Gasteiger partial charge is 0.507 e. The van der Waals surface area contributed by atoms with Crippen LogP contribution in [0.25, 0.3) is 21.5 Å². The van der Waals surface area contributed by atoms with Crippen molar-refractivity contribution in [3.8, 4) is 23.0 Å². The molecule has 0 saturated heterocycles. The van der Waals surface area contributed by atoms with E-state index in [0.29, 0.717) is 34.7 Å². The predicted octanol–water partition coefficient (Wildman–Crippen LogP) is 4.11. The molecule has 0 amide bonds. The molecule has 0 heterocycles. The van der Waals surface area contributed by atoms with Gasteiger partial charge in [-0.25, -0.2) is 0 Å². The zero-order chi connectivity index (χ0) is 17.6. The first-order valence-corrected chi connectivity index (χ1v) is 7.73. The van der Waals surface area contributed by atoms with Crippen molar-refractivity contribution in [2.24, 2.45) is 0 Å². The number of carbonyl (C=O) groups excluding carboxylic acids is 1. The highest BCUT2D eigenvalue weighted by molar-refractivity contribution is 6.19. The lowest BCUT2D eigenvalue weighted by Gasteiger charge is -2.15. The third-order valence-corrected chi connectivity index (χ3v) is 4.36. The Balaban J connectivity index is 2.54. The summed E-state index contributed by atoms with van der Waals surface area (Å²) in [5.41, 5.74) is 0.728. The normalized spacial score (nSPS) is 11.2. The van der Waals surface area contributed by atoms with Gasteiger partial charge in [-0.3, -0.25) is 4.79 Å². The molecule has 0 unspecified atom stereocenters. The van der Waals surface area contributed by atoms with Gasteiger partial charge in [0, 0.05) is 17.5 Å². The molecule has 3 rings (SSSR count). The van der Waals surface area contributed by atoms with E-state index in [0.717, 1.165) is 0 Å². The van der Waals surface area contributed by atoms with Crippen molar-refractivity contribution < 1.29 is 25.2 Å². The van der Waals surface area contributed by atoms with E-state index < -0.39 is 11.5 Å². The Morgan fingerprint density at radius 3 is 2.29 bits per heavy atom. The second kappa shape index (κ2) is 5.60. The summed E-state index contributed by atoms with van der Waals surface area (Å²) in [4.78, 5) is 12.3. The lowest BCUT2D eigenvalue weighted by atomic mass is 9.92. The minimum absolute atomic E-state index is 0.0659. The van der Waals surface area contributed by atoms with E-state index in [2.05, 4.69) is 0 Å². The third kappa shape index (κ3) is 2.12. The molecule has 24 heavy (non-hydrogen) atoms. The Morgan fingerprint density at radius 2 is 1.62 bits per heavy atom. The number of benzene rings is 3. The zero-order valence-corrected chi connectivity index (χ0v) is 13.4. The van der Waals surface area contributed by atoms with Crippen molar-refractivity contribution in [3.63, 3.8) is 0 Å². The standard InChI is InChI=1S/C19H18O5/c1-3-5-13(20)11-8-12-10-6-4-7-14(21)15(10)18(23)19(24)16(12)17(22)9(11)2/h4,6-8,21-24H,3,5H2,1-2H3. The van der Waals surface area contributed by atoms with E-state index >= 15 is 0 Å². The average Bonchev–Trinajstić information content (AvgIpc) is 2.55. The number of carbonyl (C=O) groups is 1. The van der Waals surface area contributed by atoms with Gasteiger partial charge in [-0.05, 0) is 36.2 Å². The topological polar surface area (TPSA) is 98.0 Å². The van der Waals surface area contributed by atoms with Gasteiger partial charge in [0.15, 0.2) is 17.3 Å². The number of hydrogen-bond acceptors (Lipinski definition) is 5. The van der Waals surface area contributed by atoms with Gasteiger partial charge in [0.2, 0.25) is 0 Å². The predicted molar refractivity (Wildman–Crippen MR) is 92.1 cm³/mol. The maximum absolute atomic E-state index is 12.3. The molecule has 5 nitrogen and oxygen atoms in total. The van der Waals surface area contributed by atoms with Crippen LogP contribution in [0.2, 0.25) is 0 Å². The highest BCUT2D eigenvalue weighted by Gasteiger charge is 2.22. The van der Waals surface area contributed by atoms with Crippen LogP contribution >= 0.6 is 0 Å². The molecule has 4 N–H and O–H groups in total. The van der Waals surface area contributed by atoms with Gasteiger partial charge >= 0.3 is 0 Å². The molecule has 0 aromatic heterocycles. The summed E-state index contributed by atoms with van der Waals surface area (Å²) >= 11 is 0. The summed E-state index contributed by atoms with van der Waals surface area (Å²) in [6.45, 7) is 3.49. The van der Waals surface area contributed by atoms with E-state index in [9.17, 15) is 25.2 Å². The van der Waals surface area contributed by atoms with Crippen molar-refractivity contribution in [2.75, 3.05) is 0 Å². The van der Waals surface area contributed by atoms with E-state index in [-0.39, 0.29) is 28.1 Å². The molecule has 0 aliphatic heterocycles. The fraction of sp³-hybridized carbons (Fsp3) is 0.211. The third-order valence-electron chi connectivity index (χ3n) is 4.36. The van der Waals surface area contributed by atoms with Gasteiger partial charge < -0.3 is 20.4 Å².